The second-order valence-electron chi connectivity index (χ2n) is 6.54. The van der Waals surface area contributed by atoms with Crippen LogP contribution in [0.3, 0.4) is 0 Å². The van der Waals surface area contributed by atoms with E-state index in [1.165, 1.54) is 0 Å². The molecule has 0 bridgehead atoms. The van der Waals surface area contributed by atoms with E-state index < -0.39 is 11.6 Å². The average molecular weight is 316 g/mol. The third-order valence-corrected chi connectivity index (χ3v) is 4.25. The Balaban J connectivity index is 1.82. The summed E-state index contributed by atoms with van der Waals surface area (Å²) in [5.74, 6) is 0.736. The molecule has 2 aromatic rings. The number of aromatic nitrogens is 2. The lowest BCUT2D eigenvalue weighted by Crippen LogP contribution is -2.47. The smallest absolute Gasteiger partial charge is 0.249 e. The van der Waals surface area contributed by atoms with Crippen LogP contribution in [0, 0.1) is 6.92 Å². The predicted octanol–water partition coefficient (Wildman–Crippen LogP) is 1.37. The van der Waals surface area contributed by atoms with Gasteiger partial charge in [0.2, 0.25) is 5.91 Å². The molecule has 1 aliphatic heterocycles. The quantitative estimate of drug-likeness (QED) is 0.897. The van der Waals surface area contributed by atoms with Crippen molar-refractivity contribution in [3.05, 3.63) is 35.9 Å². The molecule has 0 aliphatic carbocycles. The molecule has 0 spiro atoms. The molecule has 6 heteroatoms. The highest BCUT2D eigenvalue weighted by Crippen LogP contribution is 2.22. The van der Waals surface area contributed by atoms with Gasteiger partial charge in [0, 0.05) is 12.7 Å². The van der Waals surface area contributed by atoms with Gasteiger partial charge >= 0.3 is 0 Å². The van der Waals surface area contributed by atoms with Crippen LogP contribution in [0.4, 0.5) is 0 Å². The first-order chi connectivity index (χ1) is 11.0. The first kappa shape index (κ1) is 16.0. The van der Waals surface area contributed by atoms with E-state index in [2.05, 4.69) is 28.6 Å². The molecule has 23 heavy (non-hydrogen) atoms. The van der Waals surface area contributed by atoms with Crippen LogP contribution in [0.1, 0.15) is 31.7 Å². The zero-order valence-corrected chi connectivity index (χ0v) is 13.9. The van der Waals surface area contributed by atoms with Gasteiger partial charge in [-0.1, -0.05) is 6.07 Å². The van der Waals surface area contributed by atoms with Crippen LogP contribution in [0.15, 0.2) is 24.5 Å². The molecule has 124 valence electrons. The van der Waals surface area contributed by atoms with E-state index in [0.29, 0.717) is 13.0 Å². The Hall–Kier alpha value is -1.92. The molecule has 6 nitrogen and oxygen atoms in total. The van der Waals surface area contributed by atoms with Gasteiger partial charge in [-0.25, -0.2) is 4.98 Å². The molecule has 1 aliphatic rings. The van der Waals surface area contributed by atoms with E-state index >= 15 is 0 Å². The minimum atomic E-state index is -0.583. The highest BCUT2D eigenvalue weighted by atomic mass is 16.5. The summed E-state index contributed by atoms with van der Waals surface area (Å²) in [4.78, 5) is 17.1. The fraction of sp³-hybridized carbons (Fsp3) is 0.529. The van der Waals surface area contributed by atoms with Crippen LogP contribution in [-0.2, 0) is 15.1 Å². The topological polar surface area (TPSA) is 67.7 Å². The van der Waals surface area contributed by atoms with Gasteiger partial charge in [0.25, 0.3) is 0 Å². The third kappa shape index (κ3) is 3.23. The lowest BCUT2D eigenvalue weighted by atomic mass is 10.0. The molecular formula is C17H24N4O2. The van der Waals surface area contributed by atoms with Gasteiger partial charge in [-0.3, -0.25) is 4.79 Å². The van der Waals surface area contributed by atoms with Crippen LogP contribution in [-0.4, -0.2) is 41.1 Å². The van der Waals surface area contributed by atoms with E-state index in [0.717, 1.165) is 30.0 Å². The molecule has 0 saturated carbocycles. The Morgan fingerprint density at radius 2 is 2.30 bits per heavy atom. The molecule has 2 aromatic heterocycles. The number of carbonyl (C=O) groups excluding carboxylic acids is 1. The molecule has 1 unspecified atom stereocenters. The van der Waals surface area contributed by atoms with Crippen LogP contribution >= 0.6 is 0 Å². The monoisotopic (exact) mass is 316 g/mol. The van der Waals surface area contributed by atoms with Crippen molar-refractivity contribution < 1.29 is 9.53 Å². The molecule has 1 saturated heterocycles. The Morgan fingerprint density at radius 1 is 1.48 bits per heavy atom. The summed E-state index contributed by atoms with van der Waals surface area (Å²) in [7, 11) is 0. The van der Waals surface area contributed by atoms with Gasteiger partial charge in [-0.15, -0.1) is 0 Å². The number of nitrogens with zero attached hydrogens (tertiary/aromatic N) is 2. The summed E-state index contributed by atoms with van der Waals surface area (Å²) in [6, 6.07) is 4.05. The van der Waals surface area contributed by atoms with Gasteiger partial charge in [-0.2, -0.15) is 0 Å². The lowest BCUT2D eigenvalue weighted by molar-refractivity contribution is -0.134. The van der Waals surface area contributed by atoms with Gasteiger partial charge in [0.05, 0.1) is 23.9 Å². The third-order valence-electron chi connectivity index (χ3n) is 4.25. The number of aryl methyl sites for hydroxylation is 1. The number of carbonyl (C=O) groups is 1. The van der Waals surface area contributed by atoms with E-state index in [1.807, 2.05) is 36.7 Å². The van der Waals surface area contributed by atoms with E-state index in [9.17, 15) is 4.79 Å². The van der Waals surface area contributed by atoms with E-state index in [4.69, 9.17) is 4.74 Å². The number of hydrogen-bond donors (Lipinski definition) is 2. The number of nitrogens with one attached hydrogen (secondary N) is 2. The van der Waals surface area contributed by atoms with Gasteiger partial charge < -0.3 is 19.8 Å². The highest BCUT2D eigenvalue weighted by molar-refractivity contribution is 5.81. The Morgan fingerprint density at radius 3 is 3.13 bits per heavy atom. The number of fused-ring (bicyclic) bond motifs is 1. The van der Waals surface area contributed by atoms with Gasteiger partial charge in [0.1, 0.15) is 11.9 Å². The van der Waals surface area contributed by atoms with Crippen LogP contribution in [0.5, 0.6) is 0 Å². The first-order valence-corrected chi connectivity index (χ1v) is 8.06. The SMILES string of the molecule is Cc1cccn2c(C(C)(C)NC(=O)C3CCNCCO3)ncc12. The maximum Gasteiger partial charge on any atom is 0.249 e. The van der Waals surface area contributed by atoms with Crippen molar-refractivity contribution in [1.29, 1.82) is 0 Å². The molecule has 3 rings (SSSR count). The largest absolute Gasteiger partial charge is 0.367 e. The zero-order valence-electron chi connectivity index (χ0n) is 13.9. The second-order valence-corrected chi connectivity index (χ2v) is 6.54. The number of imidazole rings is 1. The Bertz CT molecular complexity index is 700. The normalized spacial score (nSPS) is 19.5. The molecule has 2 N–H and O–H groups in total. The predicted molar refractivity (Wildman–Crippen MR) is 88.3 cm³/mol. The number of ether oxygens (including phenoxy) is 1. The molecule has 0 aromatic carbocycles. The maximum atomic E-state index is 12.6. The Labute approximate surface area is 136 Å². The molecule has 1 atom stereocenters. The number of amides is 1. The summed E-state index contributed by atoms with van der Waals surface area (Å²) >= 11 is 0. The van der Waals surface area contributed by atoms with Crippen molar-refractivity contribution in [2.45, 2.75) is 38.8 Å². The van der Waals surface area contributed by atoms with Crippen LogP contribution in [0.25, 0.3) is 5.52 Å². The van der Waals surface area contributed by atoms with Crippen LogP contribution < -0.4 is 10.6 Å². The lowest BCUT2D eigenvalue weighted by Gasteiger charge is -2.27. The van der Waals surface area contributed by atoms with Crippen molar-refractivity contribution in [1.82, 2.24) is 20.0 Å². The average Bonchev–Trinajstić information content (AvgIpc) is 2.77. The summed E-state index contributed by atoms with van der Waals surface area (Å²) < 4.78 is 7.67. The minimum absolute atomic E-state index is 0.0805. The van der Waals surface area contributed by atoms with Crippen molar-refractivity contribution in [3.63, 3.8) is 0 Å². The molecule has 3 heterocycles. The summed E-state index contributed by atoms with van der Waals surface area (Å²) in [5.41, 5.74) is 1.63. The highest BCUT2D eigenvalue weighted by Gasteiger charge is 2.31. The van der Waals surface area contributed by atoms with Crippen molar-refractivity contribution >= 4 is 11.4 Å². The molecular weight excluding hydrogens is 292 g/mol. The standard InChI is InChI=1S/C17H24N4O2/c1-12-5-4-9-21-13(12)11-19-16(21)17(2,3)20-15(22)14-6-7-18-8-10-23-14/h4-5,9,11,14,18H,6-8,10H2,1-3H3,(H,20,22). The maximum absolute atomic E-state index is 12.6. The minimum Gasteiger partial charge on any atom is -0.367 e. The number of hydrogen-bond acceptors (Lipinski definition) is 4. The zero-order chi connectivity index (χ0) is 16.4. The van der Waals surface area contributed by atoms with E-state index in [-0.39, 0.29) is 5.91 Å². The summed E-state index contributed by atoms with van der Waals surface area (Å²) in [6.45, 7) is 8.14. The molecule has 1 amide bonds. The molecule has 0 radical (unpaired) electrons. The summed E-state index contributed by atoms with van der Waals surface area (Å²) in [5, 5.41) is 6.32. The van der Waals surface area contributed by atoms with Crippen molar-refractivity contribution in [2.75, 3.05) is 19.7 Å². The van der Waals surface area contributed by atoms with Crippen molar-refractivity contribution in [3.8, 4) is 0 Å². The fourth-order valence-corrected chi connectivity index (χ4v) is 2.99. The number of rotatable bonds is 3. The van der Waals surface area contributed by atoms with E-state index in [1.54, 1.807) is 0 Å². The Kier molecular flexibility index (Phi) is 4.37. The first-order valence-electron chi connectivity index (χ1n) is 8.06. The van der Waals surface area contributed by atoms with Gasteiger partial charge in [0.15, 0.2) is 0 Å². The van der Waals surface area contributed by atoms with Crippen molar-refractivity contribution in [2.24, 2.45) is 0 Å². The summed E-state index contributed by atoms with van der Waals surface area (Å²) in [6.07, 6.45) is 4.11. The fourth-order valence-electron chi connectivity index (χ4n) is 2.99. The number of pyridine rings is 1. The second kappa shape index (κ2) is 6.29. The molecule has 1 fully saturated rings. The van der Waals surface area contributed by atoms with Gasteiger partial charge in [-0.05, 0) is 45.4 Å². The van der Waals surface area contributed by atoms with Crippen LogP contribution in [0.2, 0.25) is 0 Å².